The van der Waals surface area contributed by atoms with Crippen LogP contribution in [-0.2, 0) is 0 Å². The molecule has 4 aromatic rings. The van der Waals surface area contributed by atoms with Crippen molar-refractivity contribution in [3.8, 4) is 0 Å². The lowest BCUT2D eigenvalue weighted by Gasteiger charge is -2.01. The monoisotopic (exact) mass is 356 g/mol. The van der Waals surface area contributed by atoms with E-state index in [0.717, 1.165) is 5.52 Å². The zero-order chi connectivity index (χ0) is 16.7. The highest BCUT2D eigenvalue weighted by atomic mass is 35.5. The van der Waals surface area contributed by atoms with Gasteiger partial charge in [0, 0.05) is 16.0 Å². The van der Waals surface area contributed by atoms with E-state index < -0.39 is 0 Å². The number of para-hydroxylation sites is 1. The summed E-state index contributed by atoms with van der Waals surface area (Å²) in [7, 11) is 0. The Kier molecular flexibility index (Phi) is 3.59. The largest absolute Gasteiger partial charge is 0.338 e. The SMILES string of the molecule is O=c1c2ccccc2[nH]c2c1ncn2N=Cc1ccc(Cl)cc1Cl. The van der Waals surface area contributed by atoms with E-state index >= 15 is 0 Å². The second-order valence-electron chi connectivity index (χ2n) is 5.20. The number of imidazole rings is 1. The van der Waals surface area contributed by atoms with Crippen LogP contribution in [0.15, 0.2) is 58.7 Å². The molecule has 0 saturated carbocycles. The Morgan fingerprint density at radius 3 is 2.83 bits per heavy atom. The molecule has 0 spiro atoms. The van der Waals surface area contributed by atoms with Crippen molar-refractivity contribution in [3.63, 3.8) is 0 Å². The molecule has 0 atom stereocenters. The zero-order valence-electron chi connectivity index (χ0n) is 12.2. The summed E-state index contributed by atoms with van der Waals surface area (Å²) in [6, 6.07) is 12.4. The van der Waals surface area contributed by atoms with Crippen LogP contribution in [0.25, 0.3) is 22.1 Å². The molecule has 118 valence electrons. The fourth-order valence-electron chi connectivity index (χ4n) is 2.49. The van der Waals surface area contributed by atoms with Crippen molar-refractivity contribution in [2.24, 2.45) is 5.10 Å². The van der Waals surface area contributed by atoms with Crippen molar-refractivity contribution in [2.75, 3.05) is 0 Å². The number of fused-ring (bicyclic) bond motifs is 2. The molecule has 0 bridgehead atoms. The third kappa shape index (κ3) is 2.48. The van der Waals surface area contributed by atoms with Crippen molar-refractivity contribution in [1.82, 2.24) is 14.6 Å². The lowest BCUT2D eigenvalue weighted by atomic mass is 10.2. The number of rotatable bonds is 2. The topological polar surface area (TPSA) is 63.0 Å². The number of nitrogens with zero attached hydrogens (tertiary/aromatic N) is 3. The van der Waals surface area contributed by atoms with Crippen LogP contribution in [0.2, 0.25) is 10.0 Å². The number of benzene rings is 2. The molecule has 7 heteroatoms. The molecule has 0 aliphatic carbocycles. The van der Waals surface area contributed by atoms with Crippen LogP contribution in [0.5, 0.6) is 0 Å². The molecule has 2 aromatic heterocycles. The fraction of sp³-hybridized carbons (Fsp3) is 0. The van der Waals surface area contributed by atoms with Crippen LogP contribution >= 0.6 is 23.2 Å². The molecule has 0 aliphatic rings. The van der Waals surface area contributed by atoms with Crippen molar-refractivity contribution in [2.45, 2.75) is 0 Å². The predicted molar refractivity (Wildman–Crippen MR) is 97.3 cm³/mol. The summed E-state index contributed by atoms with van der Waals surface area (Å²) in [6.45, 7) is 0. The summed E-state index contributed by atoms with van der Waals surface area (Å²) in [4.78, 5) is 19.8. The molecule has 5 nitrogen and oxygen atoms in total. The minimum atomic E-state index is -0.127. The van der Waals surface area contributed by atoms with Crippen LogP contribution in [0.4, 0.5) is 0 Å². The first-order valence-electron chi connectivity index (χ1n) is 7.11. The first-order chi connectivity index (χ1) is 11.6. The maximum Gasteiger partial charge on any atom is 0.217 e. The van der Waals surface area contributed by atoms with Gasteiger partial charge in [-0.25, -0.2) is 9.66 Å². The van der Waals surface area contributed by atoms with E-state index in [-0.39, 0.29) is 5.43 Å². The van der Waals surface area contributed by atoms with Crippen molar-refractivity contribution < 1.29 is 0 Å². The van der Waals surface area contributed by atoms with E-state index in [9.17, 15) is 4.79 Å². The molecule has 0 aliphatic heterocycles. The Bertz CT molecular complexity index is 1160. The fourth-order valence-corrected chi connectivity index (χ4v) is 2.94. The van der Waals surface area contributed by atoms with Gasteiger partial charge in [-0.3, -0.25) is 4.79 Å². The standard InChI is InChI=1S/C17H10Cl2N4O/c18-11-6-5-10(13(19)7-11)8-21-23-9-20-15-16(24)12-3-1-2-4-14(12)22-17(15)23/h1-9H,(H,22,24). The number of halogens is 2. The Hall–Kier alpha value is -2.63. The second kappa shape index (κ2) is 5.78. The molecule has 0 saturated heterocycles. The Labute approximate surface area is 146 Å². The second-order valence-corrected chi connectivity index (χ2v) is 6.04. The zero-order valence-corrected chi connectivity index (χ0v) is 13.7. The molecular weight excluding hydrogens is 347 g/mol. The third-order valence-corrected chi connectivity index (χ3v) is 4.24. The van der Waals surface area contributed by atoms with Gasteiger partial charge in [-0.15, -0.1) is 0 Å². The van der Waals surface area contributed by atoms with Gasteiger partial charge in [-0.05, 0) is 24.3 Å². The molecule has 0 fully saturated rings. The number of pyridine rings is 1. The molecular formula is C17H10Cl2N4O. The van der Waals surface area contributed by atoms with Crippen LogP contribution < -0.4 is 5.43 Å². The van der Waals surface area contributed by atoms with Gasteiger partial charge in [-0.2, -0.15) is 5.10 Å². The molecule has 2 heterocycles. The molecule has 0 amide bonds. The van der Waals surface area contributed by atoms with Gasteiger partial charge in [0.2, 0.25) is 5.43 Å². The smallest absolute Gasteiger partial charge is 0.217 e. The van der Waals surface area contributed by atoms with Crippen molar-refractivity contribution >= 4 is 51.5 Å². The molecule has 4 rings (SSSR count). The van der Waals surface area contributed by atoms with Crippen molar-refractivity contribution in [3.05, 3.63) is 74.6 Å². The highest BCUT2D eigenvalue weighted by Gasteiger charge is 2.10. The average molecular weight is 357 g/mol. The first kappa shape index (κ1) is 14.9. The van der Waals surface area contributed by atoms with E-state index in [1.54, 1.807) is 30.5 Å². The maximum atomic E-state index is 12.5. The summed E-state index contributed by atoms with van der Waals surface area (Å²) in [5.74, 6) is 0. The number of hydrogen-bond donors (Lipinski definition) is 1. The van der Waals surface area contributed by atoms with Gasteiger partial charge in [0.25, 0.3) is 0 Å². The number of aromatic amines is 1. The molecule has 1 N–H and O–H groups in total. The van der Waals surface area contributed by atoms with Crippen LogP contribution in [-0.4, -0.2) is 20.9 Å². The number of nitrogens with one attached hydrogen (secondary N) is 1. The maximum absolute atomic E-state index is 12.5. The van der Waals surface area contributed by atoms with Gasteiger partial charge in [0.15, 0.2) is 11.2 Å². The highest BCUT2D eigenvalue weighted by molar-refractivity contribution is 6.36. The number of aromatic nitrogens is 3. The number of hydrogen-bond acceptors (Lipinski definition) is 3. The lowest BCUT2D eigenvalue weighted by Crippen LogP contribution is -2.04. The van der Waals surface area contributed by atoms with Crippen LogP contribution in [0, 0.1) is 0 Å². The first-order valence-corrected chi connectivity index (χ1v) is 7.86. The Balaban J connectivity index is 1.85. The van der Waals surface area contributed by atoms with E-state index in [2.05, 4.69) is 15.1 Å². The molecule has 2 aromatic carbocycles. The average Bonchev–Trinajstić information content (AvgIpc) is 2.98. The summed E-state index contributed by atoms with van der Waals surface area (Å²) in [5, 5.41) is 5.98. The van der Waals surface area contributed by atoms with Gasteiger partial charge >= 0.3 is 0 Å². The van der Waals surface area contributed by atoms with E-state index in [1.807, 2.05) is 18.2 Å². The predicted octanol–water partition coefficient (Wildman–Crippen LogP) is 4.07. The molecule has 0 unspecified atom stereocenters. The summed E-state index contributed by atoms with van der Waals surface area (Å²) in [5.41, 5.74) is 2.19. The third-order valence-electron chi connectivity index (χ3n) is 3.67. The van der Waals surface area contributed by atoms with Crippen LogP contribution in [0.1, 0.15) is 5.56 Å². The normalized spacial score (nSPS) is 11.8. The van der Waals surface area contributed by atoms with Gasteiger partial charge in [0.05, 0.1) is 16.8 Å². The van der Waals surface area contributed by atoms with Gasteiger partial charge in [-0.1, -0.05) is 41.4 Å². The van der Waals surface area contributed by atoms with Crippen molar-refractivity contribution in [1.29, 1.82) is 0 Å². The lowest BCUT2D eigenvalue weighted by molar-refractivity contribution is 0.902. The molecule has 0 radical (unpaired) electrons. The van der Waals surface area contributed by atoms with Gasteiger partial charge < -0.3 is 4.98 Å². The van der Waals surface area contributed by atoms with E-state index in [4.69, 9.17) is 23.2 Å². The Morgan fingerprint density at radius 2 is 2.00 bits per heavy atom. The minimum Gasteiger partial charge on any atom is -0.338 e. The Morgan fingerprint density at radius 1 is 1.17 bits per heavy atom. The minimum absolute atomic E-state index is 0.127. The summed E-state index contributed by atoms with van der Waals surface area (Å²) in [6.07, 6.45) is 3.08. The quantitative estimate of drug-likeness (QED) is 0.550. The van der Waals surface area contributed by atoms with E-state index in [0.29, 0.717) is 32.2 Å². The molecule has 24 heavy (non-hydrogen) atoms. The van der Waals surface area contributed by atoms with Crippen LogP contribution in [0.3, 0.4) is 0 Å². The highest BCUT2D eigenvalue weighted by Crippen LogP contribution is 2.20. The van der Waals surface area contributed by atoms with Gasteiger partial charge in [0.1, 0.15) is 6.33 Å². The summed E-state index contributed by atoms with van der Waals surface area (Å²) >= 11 is 12.0. The summed E-state index contributed by atoms with van der Waals surface area (Å²) < 4.78 is 1.51. The van der Waals surface area contributed by atoms with E-state index in [1.165, 1.54) is 11.0 Å². The number of H-pyrrole nitrogens is 1.